The lowest BCUT2D eigenvalue weighted by Gasteiger charge is -2.02. The molecule has 0 spiro atoms. The van der Waals surface area contributed by atoms with Crippen molar-refractivity contribution in [3.05, 3.63) is 11.6 Å². The second kappa shape index (κ2) is 3.14. The zero-order chi connectivity index (χ0) is 9.26. The van der Waals surface area contributed by atoms with Crippen molar-refractivity contribution in [3.8, 4) is 0 Å². The predicted octanol–water partition coefficient (Wildman–Crippen LogP) is -1.48. The lowest BCUT2D eigenvalue weighted by atomic mass is 10.4. The maximum Gasteiger partial charge on any atom is 0.286 e. The summed E-state index contributed by atoms with van der Waals surface area (Å²) in [6.45, 7) is 2.41. The quantitative estimate of drug-likeness (QED) is 0.553. The van der Waals surface area contributed by atoms with Gasteiger partial charge in [-0.25, -0.2) is 0 Å². The van der Waals surface area contributed by atoms with Crippen molar-refractivity contribution >= 4 is 5.91 Å². The summed E-state index contributed by atoms with van der Waals surface area (Å²) in [4.78, 5) is 10.9. The van der Waals surface area contributed by atoms with E-state index in [0.29, 0.717) is 6.54 Å². The number of nitrogens with two attached hydrogens (primary N) is 1. The molecule has 0 radical (unpaired) electrons. The van der Waals surface area contributed by atoms with E-state index in [1.165, 1.54) is 0 Å². The van der Waals surface area contributed by atoms with Gasteiger partial charge in [-0.05, 0) is 0 Å². The predicted molar refractivity (Wildman–Crippen MR) is 45.1 cm³/mol. The summed E-state index contributed by atoms with van der Waals surface area (Å²) in [6.07, 6.45) is 0.792. The summed E-state index contributed by atoms with van der Waals surface area (Å²) in [7, 11) is 0. The summed E-state index contributed by atoms with van der Waals surface area (Å²) in [5.74, 6) is 0.582. The van der Waals surface area contributed by atoms with E-state index >= 15 is 0 Å². The Labute approximate surface area is 75.1 Å². The van der Waals surface area contributed by atoms with Crippen LogP contribution in [0.5, 0.6) is 0 Å². The van der Waals surface area contributed by atoms with E-state index in [0.717, 1.165) is 25.3 Å². The Morgan fingerprint density at radius 3 is 3.08 bits per heavy atom. The fourth-order valence-corrected chi connectivity index (χ4v) is 1.45. The molecule has 0 atom stereocenters. The Bertz CT molecular complexity index is 332. The lowest BCUT2D eigenvalue weighted by molar-refractivity contribution is 0.0986. The van der Waals surface area contributed by atoms with Crippen LogP contribution in [0, 0.1) is 0 Å². The summed E-state index contributed by atoms with van der Waals surface area (Å²) in [5, 5.41) is 10.9. The molecule has 0 saturated carbocycles. The molecular formula is C7H11N5O. The summed E-state index contributed by atoms with van der Waals surface area (Å²) >= 11 is 0. The van der Waals surface area contributed by atoms with Crippen molar-refractivity contribution in [1.29, 1.82) is 0 Å². The third-order valence-electron chi connectivity index (χ3n) is 2.09. The molecule has 2 rings (SSSR count). The first-order chi connectivity index (χ1) is 6.29. The van der Waals surface area contributed by atoms with E-state index < -0.39 is 5.91 Å². The van der Waals surface area contributed by atoms with E-state index in [-0.39, 0.29) is 5.82 Å². The van der Waals surface area contributed by atoms with Crippen LogP contribution in [-0.2, 0) is 13.0 Å². The molecule has 0 bridgehead atoms. The summed E-state index contributed by atoms with van der Waals surface area (Å²) in [5.41, 5.74) is 5.15. The Hall–Kier alpha value is -1.43. The van der Waals surface area contributed by atoms with Crippen molar-refractivity contribution in [2.45, 2.75) is 13.0 Å². The minimum absolute atomic E-state index is 0.263. The third-order valence-corrected chi connectivity index (χ3v) is 2.09. The van der Waals surface area contributed by atoms with Gasteiger partial charge in [0.05, 0.1) is 0 Å². The average Bonchev–Trinajstić information content (AvgIpc) is 2.36. The normalized spacial score (nSPS) is 16.3. The number of hydrogen-bond acceptors (Lipinski definition) is 4. The molecular weight excluding hydrogens is 170 g/mol. The van der Waals surface area contributed by atoms with Gasteiger partial charge in [-0.2, -0.15) is 0 Å². The van der Waals surface area contributed by atoms with Crippen molar-refractivity contribution in [2.75, 3.05) is 13.1 Å². The number of nitrogens with one attached hydrogen (secondary N) is 1. The molecule has 70 valence electrons. The first-order valence-corrected chi connectivity index (χ1v) is 4.21. The number of nitrogens with zero attached hydrogens (tertiary/aromatic N) is 3. The lowest BCUT2D eigenvalue weighted by Crippen LogP contribution is -2.22. The average molecular weight is 181 g/mol. The van der Waals surface area contributed by atoms with Crippen LogP contribution in [0.4, 0.5) is 0 Å². The smallest absolute Gasteiger partial charge is 0.286 e. The molecule has 6 nitrogen and oxygen atoms in total. The molecule has 3 N–H and O–H groups in total. The Kier molecular flexibility index (Phi) is 1.97. The number of primary amides is 1. The molecule has 0 fully saturated rings. The van der Waals surface area contributed by atoms with E-state index in [1.807, 2.05) is 0 Å². The van der Waals surface area contributed by atoms with Gasteiger partial charge in [0.1, 0.15) is 5.82 Å². The number of amides is 1. The van der Waals surface area contributed by atoms with Gasteiger partial charge >= 0.3 is 0 Å². The molecule has 1 aliphatic heterocycles. The minimum Gasteiger partial charge on any atom is -0.363 e. The van der Waals surface area contributed by atoms with Crippen LogP contribution in [0.3, 0.4) is 0 Å². The van der Waals surface area contributed by atoms with E-state index in [9.17, 15) is 4.79 Å². The highest BCUT2D eigenvalue weighted by atomic mass is 16.1. The number of fused-ring (bicyclic) bond motifs is 1. The molecule has 1 aromatic rings. The zero-order valence-electron chi connectivity index (χ0n) is 7.16. The maximum atomic E-state index is 10.9. The minimum atomic E-state index is -0.513. The molecule has 0 unspecified atom stereocenters. The molecule has 1 amide bonds. The van der Waals surface area contributed by atoms with Gasteiger partial charge in [0.25, 0.3) is 5.91 Å². The highest BCUT2D eigenvalue weighted by Crippen LogP contribution is 2.04. The van der Waals surface area contributed by atoms with Gasteiger partial charge in [-0.3, -0.25) is 4.79 Å². The van der Waals surface area contributed by atoms with Crippen molar-refractivity contribution in [1.82, 2.24) is 20.1 Å². The van der Waals surface area contributed by atoms with Crippen LogP contribution in [0.15, 0.2) is 0 Å². The molecule has 6 heteroatoms. The van der Waals surface area contributed by atoms with Crippen molar-refractivity contribution < 1.29 is 4.79 Å². The Balaban J connectivity index is 2.39. The van der Waals surface area contributed by atoms with Gasteiger partial charge in [-0.1, -0.05) is 0 Å². The van der Waals surface area contributed by atoms with Crippen LogP contribution in [0.25, 0.3) is 0 Å². The highest BCUT2D eigenvalue weighted by Gasteiger charge is 2.17. The summed E-state index contributed by atoms with van der Waals surface area (Å²) in [6, 6.07) is 0. The molecule has 1 aromatic heterocycles. The molecule has 0 saturated heterocycles. The SMILES string of the molecule is NC(=O)c1nnc2n1CCNCC2. The molecule has 13 heavy (non-hydrogen) atoms. The molecule has 1 aliphatic rings. The number of rotatable bonds is 1. The van der Waals surface area contributed by atoms with Gasteiger partial charge in [-0.15, -0.1) is 10.2 Å². The molecule has 0 aromatic carbocycles. The Morgan fingerprint density at radius 1 is 1.46 bits per heavy atom. The van der Waals surface area contributed by atoms with Crippen LogP contribution in [0.1, 0.15) is 16.4 Å². The highest BCUT2D eigenvalue weighted by molar-refractivity contribution is 5.89. The van der Waals surface area contributed by atoms with Crippen molar-refractivity contribution in [3.63, 3.8) is 0 Å². The van der Waals surface area contributed by atoms with Gasteiger partial charge in [0.15, 0.2) is 0 Å². The van der Waals surface area contributed by atoms with Crippen LogP contribution < -0.4 is 11.1 Å². The first kappa shape index (κ1) is 8.18. The van der Waals surface area contributed by atoms with Crippen LogP contribution >= 0.6 is 0 Å². The number of carbonyl (C=O) groups is 1. The monoisotopic (exact) mass is 181 g/mol. The fraction of sp³-hybridized carbons (Fsp3) is 0.571. The van der Waals surface area contributed by atoms with E-state index in [2.05, 4.69) is 15.5 Å². The van der Waals surface area contributed by atoms with E-state index in [1.54, 1.807) is 4.57 Å². The first-order valence-electron chi connectivity index (χ1n) is 4.21. The topological polar surface area (TPSA) is 85.8 Å². The van der Waals surface area contributed by atoms with Crippen LogP contribution in [0.2, 0.25) is 0 Å². The fourth-order valence-electron chi connectivity index (χ4n) is 1.45. The van der Waals surface area contributed by atoms with Gasteiger partial charge in [0, 0.05) is 26.1 Å². The maximum absolute atomic E-state index is 10.9. The van der Waals surface area contributed by atoms with E-state index in [4.69, 9.17) is 5.73 Å². The Morgan fingerprint density at radius 2 is 2.31 bits per heavy atom. The molecule has 0 aliphatic carbocycles. The van der Waals surface area contributed by atoms with Gasteiger partial charge < -0.3 is 15.6 Å². The summed E-state index contributed by atoms with van der Waals surface area (Å²) < 4.78 is 1.78. The molecule has 2 heterocycles. The van der Waals surface area contributed by atoms with Gasteiger partial charge in [0.2, 0.25) is 5.82 Å². The second-order valence-corrected chi connectivity index (χ2v) is 2.96. The van der Waals surface area contributed by atoms with Crippen LogP contribution in [-0.4, -0.2) is 33.8 Å². The third kappa shape index (κ3) is 1.40. The number of carbonyl (C=O) groups excluding carboxylic acids is 1. The van der Waals surface area contributed by atoms with Crippen molar-refractivity contribution in [2.24, 2.45) is 5.73 Å². The largest absolute Gasteiger partial charge is 0.363 e. The standard InChI is InChI=1S/C7H11N5O/c8-6(13)7-11-10-5-1-2-9-3-4-12(5)7/h9H,1-4H2,(H2,8,13). The zero-order valence-corrected chi connectivity index (χ0v) is 7.16. The number of hydrogen-bond donors (Lipinski definition) is 2. The number of aromatic nitrogens is 3. The second-order valence-electron chi connectivity index (χ2n) is 2.96.